The number of ether oxygens (including phenoxy) is 1. The van der Waals surface area contributed by atoms with E-state index in [1.807, 2.05) is 11.8 Å². The Hall–Kier alpha value is -0.280. The monoisotopic (exact) mass is 259 g/mol. The van der Waals surface area contributed by atoms with E-state index in [0.29, 0.717) is 6.42 Å². The molecule has 1 amide bonds. The summed E-state index contributed by atoms with van der Waals surface area (Å²) in [5.74, 6) is 0.0856. The van der Waals surface area contributed by atoms with Crippen molar-refractivity contribution in [3.05, 3.63) is 0 Å². The molecular weight excluding hydrogens is 238 g/mol. The maximum Gasteiger partial charge on any atom is 0.240 e. The maximum absolute atomic E-state index is 12.1. The Labute approximate surface area is 108 Å². The SMILES string of the molecule is CC[C@H](Cl)C(=O)N1CCC[C@@]2(CCCCO2)C1. The molecule has 17 heavy (non-hydrogen) atoms. The molecule has 4 heteroatoms. The standard InChI is InChI=1S/C13H22ClNO2/c1-2-11(14)12(16)15-8-5-7-13(10-15)6-3-4-9-17-13/h11H,2-10H2,1H3/t11-,13-/m0/s1. The predicted octanol–water partition coefficient (Wildman–Crippen LogP) is 2.57. The van der Waals surface area contributed by atoms with Crippen molar-refractivity contribution in [1.29, 1.82) is 0 Å². The van der Waals surface area contributed by atoms with Gasteiger partial charge in [0, 0.05) is 19.7 Å². The zero-order valence-electron chi connectivity index (χ0n) is 10.6. The summed E-state index contributed by atoms with van der Waals surface area (Å²) in [6.45, 7) is 4.38. The smallest absolute Gasteiger partial charge is 0.240 e. The molecule has 3 nitrogen and oxygen atoms in total. The Morgan fingerprint density at radius 3 is 2.82 bits per heavy atom. The maximum atomic E-state index is 12.1. The molecule has 2 aliphatic heterocycles. The number of amides is 1. The van der Waals surface area contributed by atoms with E-state index in [2.05, 4.69) is 0 Å². The van der Waals surface area contributed by atoms with Crippen LogP contribution in [0.2, 0.25) is 0 Å². The highest BCUT2D eigenvalue weighted by Crippen LogP contribution is 2.34. The number of hydrogen-bond donors (Lipinski definition) is 0. The summed E-state index contributed by atoms with van der Waals surface area (Å²) in [5, 5.41) is -0.367. The van der Waals surface area contributed by atoms with Crippen LogP contribution in [-0.4, -0.2) is 41.5 Å². The molecule has 0 radical (unpaired) electrons. The number of carbonyl (C=O) groups excluding carboxylic acids is 1. The van der Waals surface area contributed by atoms with Crippen LogP contribution in [0.25, 0.3) is 0 Å². The lowest BCUT2D eigenvalue weighted by atomic mass is 9.85. The minimum Gasteiger partial charge on any atom is -0.373 e. The molecule has 98 valence electrons. The fraction of sp³-hybridized carbons (Fsp3) is 0.923. The molecule has 0 bridgehead atoms. The fourth-order valence-electron chi connectivity index (χ4n) is 2.89. The summed E-state index contributed by atoms with van der Waals surface area (Å²) >= 11 is 6.04. The van der Waals surface area contributed by atoms with E-state index in [9.17, 15) is 4.79 Å². The first kappa shape index (κ1) is 13.2. The van der Waals surface area contributed by atoms with Crippen molar-refractivity contribution in [3.8, 4) is 0 Å². The van der Waals surface area contributed by atoms with Gasteiger partial charge in [-0.15, -0.1) is 11.6 Å². The van der Waals surface area contributed by atoms with E-state index in [1.54, 1.807) is 0 Å². The molecule has 0 aliphatic carbocycles. The number of nitrogens with zero attached hydrogens (tertiary/aromatic N) is 1. The van der Waals surface area contributed by atoms with Crippen LogP contribution in [0.4, 0.5) is 0 Å². The molecule has 0 aromatic heterocycles. The largest absolute Gasteiger partial charge is 0.373 e. The minimum atomic E-state index is -0.367. The molecule has 2 atom stereocenters. The van der Waals surface area contributed by atoms with E-state index in [1.165, 1.54) is 6.42 Å². The fourth-order valence-corrected chi connectivity index (χ4v) is 3.03. The molecule has 2 heterocycles. The molecule has 0 saturated carbocycles. The van der Waals surface area contributed by atoms with E-state index >= 15 is 0 Å². The Bertz CT molecular complexity index is 271. The van der Waals surface area contributed by atoms with Gasteiger partial charge in [-0.1, -0.05) is 6.92 Å². The molecule has 1 spiro atoms. The van der Waals surface area contributed by atoms with Gasteiger partial charge in [0.05, 0.1) is 5.60 Å². The third kappa shape index (κ3) is 2.94. The lowest BCUT2D eigenvalue weighted by Crippen LogP contribution is -2.54. The average molecular weight is 260 g/mol. The molecule has 0 aromatic rings. The van der Waals surface area contributed by atoms with Crippen molar-refractivity contribution in [2.75, 3.05) is 19.7 Å². The van der Waals surface area contributed by atoms with Crippen molar-refractivity contribution in [2.45, 2.75) is 56.4 Å². The predicted molar refractivity (Wildman–Crippen MR) is 68.3 cm³/mol. The van der Waals surface area contributed by atoms with Crippen LogP contribution in [0, 0.1) is 0 Å². The molecule has 2 rings (SSSR count). The first-order chi connectivity index (χ1) is 8.17. The van der Waals surface area contributed by atoms with Gasteiger partial charge in [0.1, 0.15) is 5.38 Å². The molecule has 0 N–H and O–H groups in total. The van der Waals surface area contributed by atoms with Crippen LogP contribution in [0.5, 0.6) is 0 Å². The van der Waals surface area contributed by atoms with E-state index in [4.69, 9.17) is 16.3 Å². The van der Waals surface area contributed by atoms with Crippen molar-refractivity contribution < 1.29 is 9.53 Å². The highest BCUT2D eigenvalue weighted by atomic mass is 35.5. The quantitative estimate of drug-likeness (QED) is 0.714. The van der Waals surface area contributed by atoms with Crippen molar-refractivity contribution in [2.24, 2.45) is 0 Å². The third-order valence-electron chi connectivity index (χ3n) is 3.91. The van der Waals surface area contributed by atoms with E-state index in [-0.39, 0.29) is 16.9 Å². The number of alkyl halides is 1. The topological polar surface area (TPSA) is 29.5 Å². The number of halogens is 1. The van der Waals surface area contributed by atoms with Gasteiger partial charge in [-0.3, -0.25) is 4.79 Å². The van der Waals surface area contributed by atoms with Gasteiger partial charge in [-0.25, -0.2) is 0 Å². The molecule has 0 aromatic carbocycles. The van der Waals surface area contributed by atoms with Crippen LogP contribution in [0.1, 0.15) is 45.4 Å². The van der Waals surface area contributed by atoms with Crippen molar-refractivity contribution in [3.63, 3.8) is 0 Å². The molecular formula is C13H22ClNO2. The van der Waals surface area contributed by atoms with Gasteiger partial charge in [-0.05, 0) is 38.5 Å². The van der Waals surface area contributed by atoms with Gasteiger partial charge >= 0.3 is 0 Å². The number of carbonyl (C=O) groups is 1. The Morgan fingerprint density at radius 1 is 1.41 bits per heavy atom. The van der Waals surface area contributed by atoms with Gasteiger partial charge in [0.25, 0.3) is 0 Å². The second-order valence-corrected chi connectivity index (χ2v) is 5.75. The number of piperidine rings is 1. The molecule has 2 fully saturated rings. The zero-order valence-corrected chi connectivity index (χ0v) is 11.3. The lowest BCUT2D eigenvalue weighted by molar-refractivity contribution is -0.148. The number of rotatable bonds is 2. The van der Waals surface area contributed by atoms with Gasteiger partial charge < -0.3 is 9.64 Å². The average Bonchev–Trinajstić information content (AvgIpc) is 2.38. The van der Waals surface area contributed by atoms with Gasteiger partial charge in [-0.2, -0.15) is 0 Å². The van der Waals surface area contributed by atoms with Crippen LogP contribution in [0.3, 0.4) is 0 Å². The second-order valence-electron chi connectivity index (χ2n) is 5.23. The summed E-state index contributed by atoms with van der Waals surface area (Å²) in [5.41, 5.74) is -0.0590. The Morgan fingerprint density at radius 2 is 2.18 bits per heavy atom. The van der Waals surface area contributed by atoms with E-state index in [0.717, 1.165) is 45.4 Å². The van der Waals surface area contributed by atoms with Crippen molar-refractivity contribution in [1.82, 2.24) is 4.90 Å². The highest BCUT2D eigenvalue weighted by molar-refractivity contribution is 6.30. The summed E-state index contributed by atoms with van der Waals surface area (Å²) in [6.07, 6.45) is 6.30. The van der Waals surface area contributed by atoms with Gasteiger partial charge in [0.2, 0.25) is 5.91 Å². The molecule has 0 unspecified atom stereocenters. The number of likely N-dealkylation sites (tertiary alicyclic amines) is 1. The summed E-state index contributed by atoms with van der Waals surface area (Å²) in [4.78, 5) is 14.0. The van der Waals surface area contributed by atoms with Crippen molar-refractivity contribution >= 4 is 17.5 Å². The lowest BCUT2D eigenvalue weighted by Gasteiger charge is -2.45. The minimum absolute atomic E-state index is 0.0590. The van der Waals surface area contributed by atoms with Crippen LogP contribution < -0.4 is 0 Å². The summed E-state index contributed by atoms with van der Waals surface area (Å²) in [7, 11) is 0. The van der Waals surface area contributed by atoms with E-state index < -0.39 is 0 Å². The summed E-state index contributed by atoms with van der Waals surface area (Å²) in [6, 6.07) is 0. The Balaban J connectivity index is 1.98. The van der Waals surface area contributed by atoms with Crippen LogP contribution >= 0.6 is 11.6 Å². The molecule has 2 saturated heterocycles. The highest BCUT2D eigenvalue weighted by Gasteiger charge is 2.39. The first-order valence-electron chi connectivity index (χ1n) is 6.74. The summed E-state index contributed by atoms with van der Waals surface area (Å²) < 4.78 is 5.96. The second kappa shape index (κ2) is 5.57. The normalized spacial score (nSPS) is 31.5. The van der Waals surface area contributed by atoms with Crippen LogP contribution in [0.15, 0.2) is 0 Å². The van der Waals surface area contributed by atoms with Gasteiger partial charge in [0.15, 0.2) is 0 Å². The first-order valence-corrected chi connectivity index (χ1v) is 7.17. The molecule has 2 aliphatic rings. The number of hydrogen-bond acceptors (Lipinski definition) is 2. The third-order valence-corrected chi connectivity index (χ3v) is 4.41. The zero-order chi connectivity index (χ0) is 12.3. The van der Waals surface area contributed by atoms with Crippen LogP contribution in [-0.2, 0) is 9.53 Å². The Kier molecular flexibility index (Phi) is 4.31.